The Morgan fingerprint density at radius 3 is 2.67 bits per heavy atom. The monoisotopic (exact) mass is 215 g/mol. The lowest BCUT2D eigenvalue weighted by Gasteiger charge is -2.23. The summed E-state index contributed by atoms with van der Waals surface area (Å²) in [5.74, 6) is 0.543. The van der Waals surface area contributed by atoms with E-state index in [9.17, 15) is 5.11 Å². The summed E-state index contributed by atoms with van der Waals surface area (Å²) < 4.78 is 5.08. The van der Waals surface area contributed by atoms with Gasteiger partial charge in [0, 0.05) is 13.7 Å². The van der Waals surface area contributed by atoms with Crippen molar-refractivity contribution < 1.29 is 9.84 Å². The Balaban J connectivity index is 2.15. The van der Waals surface area contributed by atoms with Crippen molar-refractivity contribution in [3.63, 3.8) is 0 Å². The van der Waals surface area contributed by atoms with Crippen LogP contribution in [-0.4, -0.2) is 49.5 Å². The zero-order valence-electron chi connectivity index (χ0n) is 10.1. The van der Waals surface area contributed by atoms with E-state index in [1.165, 1.54) is 12.8 Å². The molecule has 3 heteroatoms. The van der Waals surface area contributed by atoms with Crippen LogP contribution in [0.25, 0.3) is 0 Å². The minimum Gasteiger partial charge on any atom is -0.393 e. The van der Waals surface area contributed by atoms with Gasteiger partial charge in [-0.25, -0.2) is 0 Å². The van der Waals surface area contributed by atoms with Crippen LogP contribution < -0.4 is 0 Å². The molecule has 1 aliphatic rings. The van der Waals surface area contributed by atoms with E-state index in [-0.39, 0.29) is 6.10 Å². The molecule has 0 aromatic carbocycles. The first kappa shape index (κ1) is 12.9. The number of ether oxygens (including phenoxy) is 1. The van der Waals surface area contributed by atoms with Crippen LogP contribution in [0.1, 0.15) is 32.6 Å². The predicted octanol–water partition coefficient (Wildman–Crippen LogP) is 1.51. The van der Waals surface area contributed by atoms with Crippen molar-refractivity contribution in [1.29, 1.82) is 0 Å². The largest absolute Gasteiger partial charge is 0.393 e. The molecule has 0 radical (unpaired) electrons. The fraction of sp³-hybridized carbons (Fsp3) is 1.00. The molecule has 0 saturated heterocycles. The SMILES string of the molecule is CCN(CCOC)CCC1CCCC1O. The first-order valence-electron chi connectivity index (χ1n) is 6.17. The molecule has 0 spiro atoms. The number of nitrogens with zero attached hydrogens (tertiary/aromatic N) is 1. The number of hydrogen-bond donors (Lipinski definition) is 1. The molecule has 1 saturated carbocycles. The molecule has 1 rings (SSSR count). The molecule has 15 heavy (non-hydrogen) atoms. The normalized spacial score (nSPS) is 26.4. The summed E-state index contributed by atoms with van der Waals surface area (Å²) in [6, 6.07) is 0. The molecule has 0 aliphatic heterocycles. The summed E-state index contributed by atoms with van der Waals surface area (Å²) in [7, 11) is 1.74. The van der Waals surface area contributed by atoms with Crippen LogP contribution >= 0.6 is 0 Å². The smallest absolute Gasteiger partial charge is 0.0589 e. The third-order valence-corrected chi connectivity index (χ3v) is 3.49. The first-order valence-corrected chi connectivity index (χ1v) is 6.17. The molecule has 0 aromatic rings. The molecular formula is C12H25NO2. The minimum absolute atomic E-state index is 0.0360. The molecule has 1 fully saturated rings. The summed E-state index contributed by atoms with van der Waals surface area (Å²) >= 11 is 0. The fourth-order valence-electron chi connectivity index (χ4n) is 2.35. The minimum atomic E-state index is -0.0360. The van der Waals surface area contributed by atoms with E-state index in [4.69, 9.17) is 4.74 Å². The number of hydrogen-bond acceptors (Lipinski definition) is 3. The first-order chi connectivity index (χ1) is 7.27. The summed E-state index contributed by atoms with van der Waals surface area (Å²) in [4.78, 5) is 2.40. The quantitative estimate of drug-likeness (QED) is 0.698. The number of rotatable bonds is 7. The van der Waals surface area contributed by atoms with Crippen LogP contribution in [0.5, 0.6) is 0 Å². The molecule has 0 amide bonds. The van der Waals surface area contributed by atoms with Gasteiger partial charge in [0.25, 0.3) is 0 Å². The predicted molar refractivity (Wildman–Crippen MR) is 62.0 cm³/mol. The van der Waals surface area contributed by atoms with E-state index in [1.807, 2.05) is 0 Å². The molecule has 0 bridgehead atoms. The third-order valence-electron chi connectivity index (χ3n) is 3.49. The van der Waals surface area contributed by atoms with E-state index < -0.39 is 0 Å². The van der Waals surface area contributed by atoms with Crippen molar-refractivity contribution >= 4 is 0 Å². The van der Waals surface area contributed by atoms with Crippen LogP contribution in [-0.2, 0) is 4.74 Å². The Labute approximate surface area is 93.4 Å². The van der Waals surface area contributed by atoms with E-state index in [1.54, 1.807) is 7.11 Å². The molecule has 2 unspecified atom stereocenters. The topological polar surface area (TPSA) is 32.7 Å². The maximum absolute atomic E-state index is 9.71. The average Bonchev–Trinajstić information content (AvgIpc) is 2.65. The number of methoxy groups -OCH3 is 1. The lowest BCUT2D eigenvalue weighted by atomic mass is 10.0. The van der Waals surface area contributed by atoms with Crippen molar-refractivity contribution in [2.75, 3.05) is 33.4 Å². The third kappa shape index (κ3) is 4.49. The van der Waals surface area contributed by atoms with Crippen molar-refractivity contribution in [2.45, 2.75) is 38.7 Å². The molecular weight excluding hydrogens is 190 g/mol. The van der Waals surface area contributed by atoms with Gasteiger partial charge in [-0.1, -0.05) is 13.3 Å². The van der Waals surface area contributed by atoms with Crippen LogP contribution in [0.3, 0.4) is 0 Å². The summed E-state index contributed by atoms with van der Waals surface area (Å²) in [6.07, 6.45) is 4.53. The summed E-state index contributed by atoms with van der Waals surface area (Å²) in [5.41, 5.74) is 0. The molecule has 3 nitrogen and oxygen atoms in total. The van der Waals surface area contributed by atoms with Crippen molar-refractivity contribution in [3.05, 3.63) is 0 Å². The van der Waals surface area contributed by atoms with E-state index in [0.717, 1.165) is 39.1 Å². The highest BCUT2D eigenvalue weighted by Gasteiger charge is 2.24. The van der Waals surface area contributed by atoms with Gasteiger partial charge in [0.15, 0.2) is 0 Å². The number of aliphatic hydroxyl groups is 1. The highest BCUT2D eigenvalue weighted by Crippen LogP contribution is 2.28. The molecule has 1 aliphatic carbocycles. The van der Waals surface area contributed by atoms with Gasteiger partial charge in [0.2, 0.25) is 0 Å². The second-order valence-corrected chi connectivity index (χ2v) is 4.47. The van der Waals surface area contributed by atoms with Gasteiger partial charge < -0.3 is 14.7 Å². The van der Waals surface area contributed by atoms with Gasteiger partial charge >= 0.3 is 0 Å². The van der Waals surface area contributed by atoms with Gasteiger partial charge in [0.05, 0.1) is 12.7 Å². The second-order valence-electron chi connectivity index (χ2n) is 4.47. The van der Waals surface area contributed by atoms with Crippen molar-refractivity contribution in [3.8, 4) is 0 Å². The van der Waals surface area contributed by atoms with Crippen molar-refractivity contribution in [1.82, 2.24) is 4.90 Å². The Kier molecular flexibility index (Phi) is 6.22. The van der Waals surface area contributed by atoms with E-state index in [0.29, 0.717) is 5.92 Å². The molecule has 1 N–H and O–H groups in total. The van der Waals surface area contributed by atoms with Crippen LogP contribution in [0.4, 0.5) is 0 Å². The Morgan fingerprint density at radius 2 is 2.13 bits per heavy atom. The number of likely N-dealkylation sites (N-methyl/N-ethyl adjacent to an activating group) is 1. The Bertz CT molecular complexity index is 164. The van der Waals surface area contributed by atoms with Gasteiger partial charge in [0.1, 0.15) is 0 Å². The Hall–Kier alpha value is -0.120. The summed E-state index contributed by atoms with van der Waals surface area (Å²) in [5, 5.41) is 9.71. The highest BCUT2D eigenvalue weighted by atomic mass is 16.5. The molecule has 0 aromatic heterocycles. The average molecular weight is 215 g/mol. The van der Waals surface area contributed by atoms with E-state index >= 15 is 0 Å². The maximum atomic E-state index is 9.71. The zero-order valence-corrected chi connectivity index (χ0v) is 10.1. The van der Waals surface area contributed by atoms with Gasteiger partial charge in [-0.3, -0.25) is 0 Å². The summed E-state index contributed by atoms with van der Waals surface area (Å²) in [6.45, 7) is 6.17. The molecule has 2 atom stereocenters. The maximum Gasteiger partial charge on any atom is 0.0589 e. The highest BCUT2D eigenvalue weighted by molar-refractivity contribution is 4.77. The Morgan fingerprint density at radius 1 is 1.33 bits per heavy atom. The lowest BCUT2D eigenvalue weighted by molar-refractivity contribution is 0.109. The second kappa shape index (κ2) is 7.20. The molecule has 90 valence electrons. The fourth-order valence-corrected chi connectivity index (χ4v) is 2.35. The van der Waals surface area contributed by atoms with Crippen LogP contribution in [0.15, 0.2) is 0 Å². The van der Waals surface area contributed by atoms with Gasteiger partial charge in [-0.2, -0.15) is 0 Å². The van der Waals surface area contributed by atoms with E-state index in [2.05, 4.69) is 11.8 Å². The van der Waals surface area contributed by atoms with Gasteiger partial charge in [-0.05, 0) is 38.3 Å². The zero-order chi connectivity index (χ0) is 11.1. The number of aliphatic hydroxyl groups excluding tert-OH is 1. The van der Waals surface area contributed by atoms with Crippen LogP contribution in [0.2, 0.25) is 0 Å². The lowest BCUT2D eigenvalue weighted by Crippen LogP contribution is -2.30. The molecule has 0 heterocycles. The standard InChI is InChI=1S/C12H25NO2/c1-3-13(9-10-15-2)8-7-11-5-4-6-12(11)14/h11-12,14H,3-10H2,1-2H3. The van der Waals surface area contributed by atoms with Crippen LogP contribution in [0, 0.1) is 5.92 Å². The van der Waals surface area contributed by atoms with Gasteiger partial charge in [-0.15, -0.1) is 0 Å². The van der Waals surface area contributed by atoms with Crippen molar-refractivity contribution in [2.24, 2.45) is 5.92 Å².